The molecule has 106 valence electrons. The average molecular weight is 297 g/mol. The molecule has 1 aliphatic heterocycles. The van der Waals surface area contributed by atoms with Crippen molar-refractivity contribution < 1.29 is 0 Å². The normalized spacial score (nSPS) is 17.9. The van der Waals surface area contributed by atoms with Gasteiger partial charge in [0.2, 0.25) is 0 Å². The second-order valence-electron chi connectivity index (χ2n) is 5.78. The molecule has 0 spiro atoms. The molecule has 2 nitrogen and oxygen atoms in total. The summed E-state index contributed by atoms with van der Waals surface area (Å²) < 4.78 is 0. The van der Waals surface area contributed by atoms with Gasteiger partial charge in [-0.05, 0) is 29.7 Å². The quantitative estimate of drug-likeness (QED) is 0.679. The van der Waals surface area contributed by atoms with E-state index in [0.29, 0.717) is 6.04 Å². The van der Waals surface area contributed by atoms with E-state index in [1.54, 1.807) is 0 Å². The molecule has 2 heterocycles. The predicted molar refractivity (Wildman–Crippen MR) is 88.8 cm³/mol. The molecule has 2 N–H and O–H groups in total. The summed E-state index contributed by atoms with van der Waals surface area (Å²) in [4.78, 5) is 3.55. The summed E-state index contributed by atoms with van der Waals surface area (Å²) in [6.07, 6.45) is 1.02. The van der Waals surface area contributed by atoms with Crippen LogP contribution in [0.15, 0.2) is 42.5 Å². The van der Waals surface area contributed by atoms with E-state index in [-0.39, 0.29) is 0 Å². The molecule has 0 fully saturated rings. The lowest BCUT2D eigenvalue weighted by molar-refractivity contribution is 0.511. The first kappa shape index (κ1) is 12.9. The van der Waals surface area contributed by atoms with Gasteiger partial charge in [0.05, 0.1) is 10.5 Å². The summed E-state index contributed by atoms with van der Waals surface area (Å²) in [6.45, 7) is 3.12. The van der Waals surface area contributed by atoms with Crippen molar-refractivity contribution >= 4 is 22.5 Å². The molecular formula is C18H17ClN2. The monoisotopic (exact) mass is 296 g/mol. The molecule has 4 rings (SSSR count). The average Bonchev–Trinajstić information content (AvgIpc) is 2.88. The molecule has 0 radical (unpaired) electrons. The molecule has 0 aliphatic carbocycles. The highest BCUT2D eigenvalue weighted by atomic mass is 35.5. The zero-order valence-electron chi connectivity index (χ0n) is 11.9. The Morgan fingerprint density at radius 2 is 1.90 bits per heavy atom. The fraction of sp³-hybridized carbons (Fsp3) is 0.222. The number of H-pyrrole nitrogens is 1. The van der Waals surface area contributed by atoms with Crippen molar-refractivity contribution in [3.8, 4) is 11.1 Å². The highest BCUT2D eigenvalue weighted by Gasteiger charge is 2.22. The third-order valence-corrected chi connectivity index (χ3v) is 4.63. The van der Waals surface area contributed by atoms with E-state index in [9.17, 15) is 0 Å². The third kappa shape index (κ3) is 2.06. The van der Waals surface area contributed by atoms with Crippen molar-refractivity contribution in [1.82, 2.24) is 10.3 Å². The lowest BCUT2D eigenvalue weighted by Crippen LogP contribution is -2.32. The Morgan fingerprint density at radius 1 is 1.10 bits per heavy atom. The first-order valence-electron chi connectivity index (χ1n) is 7.35. The maximum Gasteiger partial charge on any atom is 0.0655 e. The number of aromatic amines is 1. The maximum absolute atomic E-state index is 6.42. The van der Waals surface area contributed by atoms with Gasteiger partial charge in [-0.25, -0.2) is 0 Å². The van der Waals surface area contributed by atoms with Gasteiger partial charge in [-0.15, -0.1) is 0 Å². The summed E-state index contributed by atoms with van der Waals surface area (Å²) >= 11 is 6.42. The van der Waals surface area contributed by atoms with Gasteiger partial charge in [0, 0.05) is 30.1 Å². The van der Waals surface area contributed by atoms with E-state index in [0.717, 1.165) is 23.5 Å². The van der Waals surface area contributed by atoms with Crippen molar-refractivity contribution in [3.63, 3.8) is 0 Å². The zero-order chi connectivity index (χ0) is 14.4. The van der Waals surface area contributed by atoms with Crippen molar-refractivity contribution in [2.45, 2.75) is 25.9 Å². The van der Waals surface area contributed by atoms with Gasteiger partial charge < -0.3 is 10.3 Å². The van der Waals surface area contributed by atoms with Gasteiger partial charge in [-0.2, -0.15) is 0 Å². The number of rotatable bonds is 1. The van der Waals surface area contributed by atoms with Crippen LogP contribution >= 0.6 is 11.6 Å². The summed E-state index contributed by atoms with van der Waals surface area (Å²) in [6, 6.07) is 15.1. The Morgan fingerprint density at radius 3 is 2.71 bits per heavy atom. The molecule has 0 bridgehead atoms. The fourth-order valence-corrected chi connectivity index (χ4v) is 3.48. The fourth-order valence-electron chi connectivity index (χ4n) is 3.27. The minimum atomic E-state index is 0.504. The van der Waals surface area contributed by atoms with Gasteiger partial charge in [-0.1, -0.05) is 48.0 Å². The van der Waals surface area contributed by atoms with Crippen molar-refractivity contribution in [3.05, 3.63) is 58.7 Å². The molecule has 1 atom stereocenters. The summed E-state index contributed by atoms with van der Waals surface area (Å²) in [5, 5.41) is 5.62. The van der Waals surface area contributed by atoms with E-state index in [1.165, 1.54) is 27.8 Å². The predicted octanol–water partition coefficient (Wildman–Crippen LogP) is 4.52. The Labute approximate surface area is 129 Å². The maximum atomic E-state index is 6.42. The topological polar surface area (TPSA) is 27.8 Å². The summed E-state index contributed by atoms with van der Waals surface area (Å²) in [5.41, 5.74) is 6.24. The Kier molecular flexibility index (Phi) is 3.02. The minimum Gasteiger partial charge on any atom is -0.357 e. The molecule has 0 saturated carbocycles. The van der Waals surface area contributed by atoms with Crippen LogP contribution in [0.4, 0.5) is 0 Å². The number of nitrogens with one attached hydrogen (secondary N) is 2. The number of fused-ring (bicyclic) bond motifs is 3. The van der Waals surface area contributed by atoms with Gasteiger partial charge >= 0.3 is 0 Å². The van der Waals surface area contributed by atoms with Crippen LogP contribution in [-0.2, 0) is 13.0 Å². The largest absolute Gasteiger partial charge is 0.357 e. The SMILES string of the molecule is CC1Cc2[nH]c3c(Cl)ccc(-c4ccccc4)c3c2CN1. The van der Waals surface area contributed by atoms with E-state index < -0.39 is 0 Å². The molecule has 3 aromatic rings. The van der Waals surface area contributed by atoms with Crippen LogP contribution in [0.2, 0.25) is 5.02 Å². The van der Waals surface area contributed by atoms with E-state index in [4.69, 9.17) is 11.6 Å². The van der Waals surface area contributed by atoms with Gasteiger partial charge in [-0.3, -0.25) is 0 Å². The highest BCUT2D eigenvalue weighted by Crippen LogP contribution is 2.38. The lowest BCUT2D eigenvalue weighted by atomic mass is 9.95. The Hall–Kier alpha value is -1.77. The molecule has 0 saturated heterocycles. The second-order valence-corrected chi connectivity index (χ2v) is 6.19. The Bertz CT molecular complexity index is 805. The Balaban J connectivity index is 2.03. The van der Waals surface area contributed by atoms with Crippen LogP contribution in [0.3, 0.4) is 0 Å². The first-order chi connectivity index (χ1) is 10.2. The van der Waals surface area contributed by atoms with Gasteiger partial charge in [0.25, 0.3) is 0 Å². The second kappa shape index (κ2) is 4.90. The third-order valence-electron chi connectivity index (χ3n) is 4.32. The van der Waals surface area contributed by atoms with E-state index >= 15 is 0 Å². The van der Waals surface area contributed by atoms with Crippen molar-refractivity contribution in [2.24, 2.45) is 0 Å². The molecule has 2 aromatic carbocycles. The van der Waals surface area contributed by atoms with E-state index in [2.05, 4.69) is 47.6 Å². The van der Waals surface area contributed by atoms with Crippen LogP contribution < -0.4 is 5.32 Å². The van der Waals surface area contributed by atoms with Crippen LogP contribution in [0, 0.1) is 0 Å². The lowest BCUT2D eigenvalue weighted by Gasteiger charge is -2.20. The molecular weight excluding hydrogens is 280 g/mol. The molecule has 0 amide bonds. The van der Waals surface area contributed by atoms with Crippen LogP contribution in [0.5, 0.6) is 0 Å². The zero-order valence-corrected chi connectivity index (χ0v) is 12.7. The number of halogens is 1. The van der Waals surface area contributed by atoms with E-state index in [1.807, 2.05) is 12.1 Å². The molecule has 1 aliphatic rings. The molecule has 21 heavy (non-hydrogen) atoms. The van der Waals surface area contributed by atoms with Crippen molar-refractivity contribution in [2.75, 3.05) is 0 Å². The number of aromatic nitrogens is 1. The number of benzene rings is 2. The smallest absolute Gasteiger partial charge is 0.0655 e. The highest BCUT2D eigenvalue weighted by molar-refractivity contribution is 6.35. The van der Waals surface area contributed by atoms with Gasteiger partial charge in [0.15, 0.2) is 0 Å². The summed E-state index contributed by atoms with van der Waals surface area (Å²) in [5.74, 6) is 0. The summed E-state index contributed by atoms with van der Waals surface area (Å²) in [7, 11) is 0. The van der Waals surface area contributed by atoms with Crippen LogP contribution in [-0.4, -0.2) is 11.0 Å². The molecule has 3 heteroatoms. The first-order valence-corrected chi connectivity index (χ1v) is 7.72. The minimum absolute atomic E-state index is 0.504. The standard InChI is InChI=1S/C18H17ClN2/c1-11-9-16-14(10-20-11)17-13(12-5-3-2-4-6-12)7-8-15(19)18(17)21-16/h2-8,11,20-21H,9-10H2,1H3. The molecule has 1 unspecified atom stereocenters. The number of hydrogen-bond donors (Lipinski definition) is 2. The molecule has 1 aromatic heterocycles. The number of hydrogen-bond acceptors (Lipinski definition) is 1. The van der Waals surface area contributed by atoms with Crippen LogP contribution in [0.1, 0.15) is 18.2 Å². The van der Waals surface area contributed by atoms with Gasteiger partial charge in [0.1, 0.15) is 0 Å². The van der Waals surface area contributed by atoms with Crippen LogP contribution in [0.25, 0.3) is 22.0 Å². The van der Waals surface area contributed by atoms with Crippen molar-refractivity contribution in [1.29, 1.82) is 0 Å².